The molecule has 0 bridgehead atoms. The smallest absolute Gasteiger partial charge is 0.280 e. The van der Waals surface area contributed by atoms with Gasteiger partial charge in [0, 0.05) is 5.69 Å². The Balaban J connectivity index is 2.90. The van der Waals surface area contributed by atoms with Gasteiger partial charge in [-0.05, 0) is 31.4 Å². The zero-order valence-corrected chi connectivity index (χ0v) is 11.4. The Hall–Kier alpha value is -2.06. The summed E-state index contributed by atoms with van der Waals surface area (Å²) in [4.78, 5) is 31.2. The predicted octanol–water partition coefficient (Wildman–Crippen LogP) is 1.18. The summed E-state index contributed by atoms with van der Waals surface area (Å²) in [6.07, 6.45) is 1.48. The molecule has 0 aliphatic carbocycles. The second kappa shape index (κ2) is 7.39. The molecule has 0 fully saturated rings. The molecule has 1 aromatic rings. The van der Waals surface area contributed by atoms with Gasteiger partial charge in [-0.1, -0.05) is 19.8 Å². The number of H-pyrrole nitrogens is 1. The van der Waals surface area contributed by atoms with Crippen LogP contribution in [0.25, 0.3) is 0 Å². The zero-order chi connectivity index (χ0) is 14.3. The zero-order valence-electron chi connectivity index (χ0n) is 11.4. The number of hydrogen-bond donors (Lipinski definition) is 2. The van der Waals surface area contributed by atoms with Crippen LogP contribution in [-0.2, 0) is 17.7 Å². The number of aromatic nitrogens is 1. The third kappa shape index (κ3) is 3.97. The molecule has 1 rings (SSSR count). The topological polar surface area (TPSA) is 71.2 Å². The number of aromatic amines is 1. The van der Waals surface area contributed by atoms with Crippen LogP contribution in [0.4, 0.5) is 0 Å². The molecule has 1 amide bonds. The average Bonchev–Trinajstić information content (AvgIpc) is 2.42. The highest BCUT2D eigenvalue weighted by molar-refractivity contribution is 5.93. The Morgan fingerprint density at radius 2 is 2.16 bits per heavy atom. The minimum atomic E-state index is -0.559. The minimum Gasteiger partial charge on any atom is -0.325 e. The van der Waals surface area contributed by atoms with Crippen molar-refractivity contribution in [1.29, 1.82) is 0 Å². The van der Waals surface area contributed by atoms with Crippen molar-refractivity contribution in [2.24, 2.45) is 0 Å². The molecule has 1 aromatic heterocycles. The SMILES string of the molecule is CC#CCONC(=O)c1cc(CC)c(CC)[nH]c1=O. The van der Waals surface area contributed by atoms with Crippen LogP contribution in [0, 0.1) is 11.8 Å². The molecule has 0 saturated carbocycles. The fourth-order valence-electron chi connectivity index (χ4n) is 1.68. The Labute approximate surface area is 112 Å². The van der Waals surface area contributed by atoms with E-state index in [-0.39, 0.29) is 12.2 Å². The molecule has 1 heterocycles. The van der Waals surface area contributed by atoms with Crippen LogP contribution in [-0.4, -0.2) is 17.5 Å². The molecule has 0 spiro atoms. The highest BCUT2D eigenvalue weighted by atomic mass is 16.6. The third-order valence-electron chi connectivity index (χ3n) is 2.68. The summed E-state index contributed by atoms with van der Waals surface area (Å²) in [5, 5.41) is 0. The van der Waals surface area contributed by atoms with E-state index < -0.39 is 11.5 Å². The van der Waals surface area contributed by atoms with Crippen molar-refractivity contribution >= 4 is 5.91 Å². The van der Waals surface area contributed by atoms with E-state index in [1.54, 1.807) is 13.0 Å². The van der Waals surface area contributed by atoms with Crippen molar-refractivity contribution in [3.8, 4) is 11.8 Å². The van der Waals surface area contributed by atoms with Gasteiger partial charge in [-0.3, -0.25) is 14.4 Å². The van der Waals surface area contributed by atoms with Crippen LogP contribution in [0.5, 0.6) is 0 Å². The lowest BCUT2D eigenvalue weighted by Gasteiger charge is -2.08. The van der Waals surface area contributed by atoms with E-state index >= 15 is 0 Å². The maximum absolute atomic E-state index is 11.8. The van der Waals surface area contributed by atoms with Gasteiger partial charge in [0.1, 0.15) is 12.2 Å². The molecule has 0 radical (unpaired) electrons. The lowest BCUT2D eigenvalue weighted by Crippen LogP contribution is -2.30. The van der Waals surface area contributed by atoms with Crippen LogP contribution < -0.4 is 11.0 Å². The Kier molecular flexibility index (Phi) is 5.83. The summed E-state index contributed by atoms with van der Waals surface area (Å²) >= 11 is 0. The maximum atomic E-state index is 11.8. The number of hydrogen-bond acceptors (Lipinski definition) is 3. The summed E-state index contributed by atoms with van der Waals surface area (Å²) in [5.74, 6) is 4.71. The summed E-state index contributed by atoms with van der Waals surface area (Å²) in [7, 11) is 0. The molecule has 5 heteroatoms. The van der Waals surface area contributed by atoms with Crippen molar-refractivity contribution in [2.75, 3.05) is 6.61 Å². The van der Waals surface area contributed by atoms with Gasteiger partial charge in [-0.2, -0.15) is 0 Å². The number of amides is 1. The second-order valence-corrected chi connectivity index (χ2v) is 3.87. The first-order valence-corrected chi connectivity index (χ1v) is 6.20. The van der Waals surface area contributed by atoms with Gasteiger partial charge >= 0.3 is 0 Å². The summed E-state index contributed by atoms with van der Waals surface area (Å²) in [6, 6.07) is 1.61. The Morgan fingerprint density at radius 1 is 1.42 bits per heavy atom. The van der Waals surface area contributed by atoms with Crippen molar-refractivity contribution < 1.29 is 9.63 Å². The number of nitrogens with one attached hydrogen (secondary N) is 2. The Morgan fingerprint density at radius 3 is 2.74 bits per heavy atom. The van der Waals surface area contributed by atoms with E-state index in [0.29, 0.717) is 0 Å². The number of rotatable bonds is 5. The van der Waals surface area contributed by atoms with Crippen LogP contribution in [0.2, 0.25) is 0 Å². The summed E-state index contributed by atoms with van der Waals surface area (Å²) in [6.45, 7) is 5.69. The summed E-state index contributed by atoms with van der Waals surface area (Å²) in [5.41, 5.74) is 3.67. The first-order valence-electron chi connectivity index (χ1n) is 6.20. The molecule has 0 aromatic carbocycles. The van der Waals surface area contributed by atoms with Gasteiger partial charge < -0.3 is 4.98 Å². The molecule has 19 heavy (non-hydrogen) atoms. The second-order valence-electron chi connectivity index (χ2n) is 3.87. The van der Waals surface area contributed by atoms with E-state index in [1.165, 1.54) is 0 Å². The molecule has 0 aliphatic heterocycles. The fraction of sp³-hybridized carbons (Fsp3) is 0.429. The van der Waals surface area contributed by atoms with Crippen molar-refractivity contribution in [3.05, 3.63) is 33.2 Å². The van der Waals surface area contributed by atoms with Gasteiger partial charge in [0.25, 0.3) is 11.5 Å². The highest BCUT2D eigenvalue weighted by Crippen LogP contribution is 2.07. The van der Waals surface area contributed by atoms with Crippen LogP contribution in [0.3, 0.4) is 0 Å². The Bertz CT molecular complexity index is 564. The first-order chi connectivity index (χ1) is 9.13. The van der Waals surface area contributed by atoms with Gasteiger partial charge in [0.2, 0.25) is 0 Å². The highest BCUT2D eigenvalue weighted by Gasteiger charge is 2.13. The van der Waals surface area contributed by atoms with E-state index in [1.807, 2.05) is 13.8 Å². The molecule has 0 atom stereocenters. The molecule has 0 aliphatic rings. The normalized spacial score (nSPS) is 9.63. The maximum Gasteiger partial charge on any atom is 0.280 e. The molecule has 2 N–H and O–H groups in total. The molecule has 0 saturated heterocycles. The van der Waals surface area contributed by atoms with E-state index in [4.69, 9.17) is 4.84 Å². The van der Waals surface area contributed by atoms with Crippen LogP contribution >= 0.6 is 0 Å². The summed E-state index contributed by atoms with van der Waals surface area (Å²) < 4.78 is 0. The van der Waals surface area contributed by atoms with Crippen LogP contribution in [0.1, 0.15) is 42.4 Å². The molecule has 102 valence electrons. The van der Waals surface area contributed by atoms with Gasteiger partial charge in [0.05, 0.1) is 0 Å². The van der Waals surface area contributed by atoms with Crippen molar-refractivity contribution in [3.63, 3.8) is 0 Å². The molecular formula is C14H18N2O3. The predicted molar refractivity (Wildman–Crippen MR) is 72.7 cm³/mol. The number of carbonyl (C=O) groups is 1. The number of carbonyl (C=O) groups excluding carboxylic acids is 1. The first kappa shape index (κ1) is 15.0. The van der Waals surface area contributed by atoms with E-state index in [0.717, 1.165) is 24.1 Å². The van der Waals surface area contributed by atoms with Gasteiger partial charge in [-0.15, -0.1) is 5.92 Å². The molecular weight excluding hydrogens is 244 g/mol. The third-order valence-corrected chi connectivity index (χ3v) is 2.68. The molecule has 5 nitrogen and oxygen atoms in total. The van der Waals surface area contributed by atoms with Gasteiger partial charge in [-0.25, -0.2) is 5.48 Å². The van der Waals surface area contributed by atoms with E-state index in [2.05, 4.69) is 22.3 Å². The quantitative estimate of drug-likeness (QED) is 0.475. The van der Waals surface area contributed by atoms with E-state index in [9.17, 15) is 9.59 Å². The number of aryl methyl sites for hydroxylation is 2. The van der Waals surface area contributed by atoms with Gasteiger partial charge in [0.15, 0.2) is 0 Å². The largest absolute Gasteiger partial charge is 0.325 e. The lowest BCUT2D eigenvalue weighted by atomic mass is 10.1. The number of hydroxylamine groups is 1. The van der Waals surface area contributed by atoms with Crippen LogP contribution in [0.15, 0.2) is 10.9 Å². The number of pyridine rings is 1. The lowest BCUT2D eigenvalue weighted by molar-refractivity contribution is 0.0436. The fourth-order valence-corrected chi connectivity index (χ4v) is 1.68. The van der Waals surface area contributed by atoms with Crippen molar-refractivity contribution in [1.82, 2.24) is 10.5 Å². The standard InChI is InChI=1S/C14H18N2O3/c1-4-7-8-19-16-14(18)11-9-10(5-2)12(6-3)15-13(11)17/h9H,5-6,8H2,1-3H3,(H,15,17)(H,16,18). The molecule has 0 unspecified atom stereocenters. The minimum absolute atomic E-state index is 0.0542. The van der Waals surface area contributed by atoms with Crippen molar-refractivity contribution in [2.45, 2.75) is 33.6 Å². The monoisotopic (exact) mass is 262 g/mol. The average molecular weight is 262 g/mol.